The van der Waals surface area contributed by atoms with E-state index in [2.05, 4.69) is 82.5 Å². The standard InChI is InChI=1S/C59H74N8O11S/c1-35(2)77-50-10-8-7-9-42(50)49-33-75-24-20-57(4,5)66(49)40-30-59(31-40)19-22-64(36(3)29-59)39-11-12-43(46(26-39)65-45-16-23-74-34-52(45)78-56-48(65)25-38-15-21-60-54(38)62-56)55(68)63-79(72,73)41-27-47(67(70)71)53-51(28-41)76-32-44(61-53)37-13-17-58(6,69)18-14-37/h7-12,15,21,25-28,35-37,40,44-45,49,52,61,69H,13-14,16-20,22-24,29-34H2,1-6H3,(H,60,62)(H,63,68)/t36-,37?,40?,44-,45+,49+,52+,58?,59?/m1/s1. The minimum Gasteiger partial charge on any atom is -0.491 e. The van der Waals surface area contributed by atoms with Crippen molar-refractivity contribution >= 4 is 55.4 Å². The van der Waals surface area contributed by atoms with Crippen molar-refractivity contribution < 1.29 is 46.9 Å². The number of sulfonamides is 1. The van der Waals surface area contributed by atoms with Crippen LogP contribution in [0.15, 0.2) is 77.8 Å². The highest BCUT2D eigenvalue weighted by Crippen LogP contribution is 2.57. The van der Waals surface area contributed by atoms with Crippen LogP contribution in [0.25, 0.3) is 11.0 Å². The molecule has 2 saturated carbocycles. The molecule has 5 aliphatic heterocycles. The Kier molecular flexibility index (Phi) is 13.8. The molecule has 5 aromatic rings. The van der Waals surface area contributed by atoms with E-state index >= 15 is 0 Å². The molecule has 12 rings (SSSR count). The fraction of sp³-hybridized carbons (Fsp3) is 0.559. The Morgan fingerprint density at radius 2 is 1.72 bits per heavy atom. The van der Waals surface area contributed by atoms with Gasteiger partial charge in [-0.05, 0) is 153 Å². The molecule has 2 aromatic heterocycles. The summed E-state index contributed by atoms with van der Waals surface area (Å²) in [4.78, 5) is 41.8. The van der Waals surface area contributed by atoms with Crippen molar-refractivity contribution in [3.8, 4) is 17.4 Å². The second kappa shape index (κ2) is 20.4. The lowest BCUT2D eigenvalue weighted by molar-refractivity contribution is -0.384. The normalized spacial score (nSPS) is 29.7. The number of aliphatic hydroxyl groups is 1. The first-order valence-corrected chi connectivity index (χ1v) is 29.8. The minimum absolute atomic E-state index is 0.00239. The molecule has 7 heterocycles. The van der Waals surface area contributed by atoms with Crippen molar-refractivity contribution in [3.05, 3.63) is 94.2 Å². The molecule has 5 atom stereocenters. The maximum Gasteiger partial charge on any atom is 0.297 e. The molecule has 0 radical (unpaired) electrons. The molecule has 1 spiro atoms. The Balaban J connectivity index is 0.846. The number of nitrogens with zero attached hydrogens (tertiary/aromatic N) is 5. The Morgan fingerprint density at radius 3 is 2.49 bits per heavy atom. The summed E-state index contributed by atoms with van der Waals surface area (Å²) < 4.78 is 62.7. The molecule has 3 aromatic carbocycles. The summed E-state index contributed by atoms with van der Waals surface area (Å²) >= 11 is 0. The number of carbonyl (C=O) groups excluding carboxylic acids is 1. The van der Waals surface area contributed by atoms with Crippen LogP contribution in [0.3, 0.4) is 0 Å². The van der Waals surface area contributed by atoms with Crippen LogP contribution in [0.1, 0.15) is 128 Å². The monoisotopic (exact) mass is 1100 g/mol. The van der Waals surface area contributed by atoms with Crippen LogP contribution in [0.2, 0.25) is 0 Å². The summed E-state index contributed by atoms with van der Waals surface area (Å²) in [7, 11) is -4.74. The number of rotatable bonds is 11. The molecule has 4 N–H and O–H groups in total. The van der Waals surface area contributed by atoms with Crippen LogP contribution in [-0.4, -0.2) is 126 Å². The van der Waals surface area contributed by atoms with Crippen LogP contribution < -0.4 is 34.0 Å². The first kappa shape index (κ1) is 53.5. The zero-order chi connectivity index (χ0) is 55.2. The van der Waals surface area contributed by atoms with E-state index in [1.54, 1.807) is 12.3 Å². The fourth-order valence-electron chi connectivity index (χ4n) is 14.3. The lowest BCUT2D eigenvalue weighted by atomic mass is 9.58. The lowest BCUT2D eigenvalue weighted by Gasteiger charge is -2.60. The smallest absolute Gasteiger partial charge is 0.297 e. The van der Waals surface area contributed by atoms with E-state index in [-0.39, 0.29) is 77.4 Å². The van der Waals surface area contributed by atoms with E-state index in [0.717, 1.165) is 61.5 Å². The summed E-state index contributed by atoms with van der Waals surface area (Å²) in [5.41, 5.74) is 2.73. The number of amides is 1. The van der Waals surface area contributed by atoms with Gasteiger partial charge in [0, 0.05) is 72.3 Å². The van der Waals surface area contributed by atoms with Gasteiger partial charge in [0.25, 0.3) is 21.6 Å². The van der Waals surface area contributed by atoms with E-state index in [9.17, 15) is 28.4 Å². The first-order chi connectivity index (χ1) is 37.8. The Hall–Kier alpha value is -6.19. The molecular weight excluding hydrogens is 1030 g/mol. The zero-order valence-electron chi connectivity index (χ0n) is 46.0. The number of piperidine rings is 1. The maximum atomic E-state index is 15.0. The number of nitrogens with one attached hydrogen (secondary N) is 3. The van der Waals surface area contributed by atoms with Gasteiger partial charge < -0.3 is 48.9 Å². The maximum absolute atomic E-state index is 15.0. The van der Waals surface area contributed by atoms with E-state index in [1.807, 2.05) is 37.3 Å². The van der Waals surface area contributed by atoms with E-state index in [4.69, 9.17) is 28.7 Å². The number of H-pyrrole nitrogens is 1. The second-order valence-electron chi connectivity index (χ2n) is 24.6. The topological polar surface area (TPSA) is 223 Å². The predicted molar refractivity (Wildman–Crippen MR) is 299 cm³/mol. The quantitative estimate of drug-likeness (QED) is 0.0714. The number of ether oxygens (including phenoxy) is 5. The van der Waals surface area contributed by atoms with Gasteiger partial charge in [0.1, 0.15) is 29.8 Å². The highest BCUT2D eigenvalue weighted by molar-refractivity contribution is 7.90. The van der Waals surface area contributed by atoms with Gasteiger partial charge in [-0.15, -0.1) is 0 Å². The van der Waals surface area contributed by atoms with Crippen LogP contribution in [0.4, 0.5) is 28.4 Å². The number of para-hydroxylation sites is 1. The van der Waals surface area contributed by atoms with Gasteiger partial charge in [0.15, 0.2) is 11.4 Å². The molecule has 1 amide bonds. The van der Waals surface area contributed by atoms with Crippen LogP contribution in [-0.2, 0) is 19.5 Å². The summed E-state index contributed by atoms with van der Waals surface area (Å²) in [5, 5.41) is 27.3. The van der Waals surface area contributed by atoms with E-state index in [0.29, 0.717) is 80.9 Å². The van der Waals surface area contributed by atoms with Crippen LogP contribution in [0.5, 0.6) is 17.4 Å². The summed E-state index contributed by atoms with van der Waals surface area (Å²) in [6, 6.07) is 20.0. The first-order valence-electron chi connectivity index (χ1n) is 28.3. The van der Waals surface area contributed by atoms with Crippen molar-refractivity contribution in [2.45, 2.75) is 164 Å². The Bertz CT molecular complexity index is 3260. The van der Waals surface area contributed by atoms with Gasteiger partial charge in [-0.2, -0.15) is 4.98 Å². The number of carbonyl (C=O) groups is 1. The number of aromatic amines is 1. The number of anilines is 4. The summed E-state index contributed by atoms with van der Waals surface area (Å²) in [6.45, 7) is 15.9. The summed E-state index contributed by atoms with van der Waals surface area (Å²) in [5.74, 6) is 0.441. The Morgan fingerprint density at radius 1 is 0.937 bits per heavy atom. The average Bonchev–Trinajstić information content (AvgIpc) is 4.04. The molecular formula is C59H74N8O11S. The number of fused-ring (bicyclic) bond motifs is 4. The Labute approximate surface area is 461 Å². The molecule has 5 fully saturated rings. The zero-order valence-corrected chi connectivity index (χ0v) is 46.9. The molecule has 3 saturated heterocycles. The molecule has 2 aliphatic carbocycles. The molecule has 0 bridgehead atoms. The van der Waals surface area contributed by atoms with Crippen LogP contribution >= 0.6 is 0 Å². The van der Waals surface area contributed by atoms with E-state index < -0.39 is 43.1 Å². The fourth-order valence-corrected chi connectivity index (χ4v) is 15.3. The van der Waals surface area contributed by atoms with Gasteiger partial charge in [0.05, 0.1) is 64.1 Å². The van der Waals surface area contributed by atoms with Crippen molar-refractivity contribution in [2.75, 3.05) is 54.7 Å². The molecule has 422 valence electrons. The number of nitro benzene ring substituents is 1. The number of hydrogen-bond acceptors (Lipinski definition) is 16. The highest BCUT2D eigenvalue weighted by atomic mass is 32.2. The third-order valence-corrected chi connectivity index (χ3v) is 19.6. The van der Waals surface area contributed by atoms with Crippen molar-refractivity contribution in [1.29, 1.82) is 0 Å². The number of pyridine rings is 1. The van der Waals surface area contributed by atoms with Gasteiger partial charge in [-0.25, -0.2) is 13.1 Å². The molecule has 79 heavy (non-hydrogen) atoms. The predicted octanol–water partition coefficient (Wildman–Crippen LogP) is 9.56. The lowest BCUT2D eigenvalue weighted by Crippen LogP contribution is -2.62. The van der Waals surface area contributed by atoms with Crippen molar-refractivity contribution in [1.82, 2.24) is 19.6 Å². The number of nitro groups is 1. The molecule has 0 unspecified atom stereocenters. The van der Waals surface area contributed by atoms with Crippen molar-refractivity contribution in [2.24, 2.45) is 11.3 Å². The van der Waals surface area contributed by atoms with Gasteiger partial charge >= 0.3 is 0 Å². The number of aromatic nitrogens is 2. The molecule has 20 heteroatoms. The third kappa shape index (κ3) is 10.1. The highest BCUT2D eigenvalue weighted by Gasteiger charge is 2.54. The van der Waals surface area contributed by atoms with Gasteiger partial charge in [0.2, 0.25) is 5.88 Å². The largest absolute Gasteiger partial charge is 0.491 e. The average molecular weight is 1100 g/mol. The number of benzene rings is 3. The van der Waals surface area contributed by atoms with Gasteiger partial charge in [-0.1, -0.05) is 18.2 Å². The minimum atomic E-state index is -4.74. The molecule has 7 aliphatic rings. The summed E-state index contributed by atoms with van der Waals surface area (Å²) in [6.07, 6.45) is 9.53. The molecule has 19 nitrogen and oxygen atoms in total. The number of hydrogen-bond donors (Lipinski definition) is 4. The second-order valence-corrected chi connectivity index (χ2v) is 26.3. The van der Waals surface area contributed by atoms with Gasteiger partial charge in [-0.3, -0.25) is 19.8 Å². The van der Waals surface area contributed by atoms with Crippen molar-refractivity contribution in [3.63, 3.8) is 0 Å². The SMILES string of the molecule is CC(C)Oc1ccccc1[C@@H]1COCCC(C)(C)N1C1CC2(CCN(c3ccc(C(=O)NS(=O)(=O)c4cc5c(c([N+](=O)[O-])c4)N[C@@H](C4CCC(C)(O)CC4)CO5)c(N4c5cc6cc[nH]c6nc5O[C@H]5COCC[C@@H]54)c3)[C@H](C)C2)C1. The van der Waals surface area contributed by atoms with E-state index in [1.165, 1.54) is 11.6 Å². The third-order valence-electron chi connectivity index (χ3n) is 18.3. The van der Waals surface area contributed by atoms with Crippen LogP contribution in [0, 0.1) is 21.4 Å².